The lowest BCUT2D eigenvalue weighted by Crippen LogP contribution is -2.03. The van der Waals surface area contributed by atoms with Crippen LogP contribution in [0, 0.1) is 13.7 Å². The zero-order chi connectivity index (χ0) is 11.6. The van der Waals surface area contributed by atoms with Crippen LogP contribution >= 0.6 is 22.6 Å². The summed E-state index contributed by atoms with van der Waals surface area (Å²) in [7, 11) is 1.13. The van der Waals surface area contributed by atoms with Gasteiger partial charge < -0.3 is 9.84 Å². The summed E-state index contributed by atoms with van der Waals surface area (Å²) in [5, 5.41) is 19.9. The highest BCUT2D eigenvalue weighted by Gasteiger charge is 2.20. The molecule has 0 saturated heterocycles. The van der Waals surface area contributed by atoms with Gasteiger partial charge in [-0.25, -0.2) is 4.79 Å². The third kappa shape index (κ3) is 2.35. The van der Waals surface area contributed by atoms with Crippen molar-refractivity contribution in [1.29, 1.82) is 0 Å². The first-order chi connectivity index (χ1) is 6.97. The number of esters is 1. The number of nitro benzene ring substituents is 1. The van der Waals surface area contributed by atoms with Crippen molar-refractivity contribution in [3.8, 4) is 5.75 Å². The highest BCUT2D eigenvalue weighted by atomic mass is 127. The number of nitrogens with zero attached hydrogens (tertiary/aromatic N) is 1. The van der Waals surface area contributed by atoms with Gasteiger partial charge in [-0.15, -0.1) is 0 Å². The minimum absolute atomic E-state index is 0.218. The van der Waals surface area contributed by atoms with Gasteiger partial charge in [0.1, 0.15) is 11.3 Å². The number of aromatic hydroxyl groups is 1. The Morgan fingerprint density at radius 3 is 2.67 bits per heavy atom. The molecule has 0 aromatic heterocycles. The van der Waals surface area contributed by atoms with Crippen molar-refractivity contribution >= 4 is 34.2 Å². The molecule has 7 heteroatoms. The first-order valence-electron chi connectivity index (χ1n) is 3.72. The molecule has 1 N–H and O–H groups in total. The lowest BCUT2D eigenvalue weighted by molar-refractivity contribution is -0.385. The topological polar surface area (TPSA) is 89.7 Å². The Balaban J connectivity index is 3.36. The van der Waals surface area contributed by atoms with Crippen LogP contribution in [0.2, 0.25) is 0 Å². The van der Waals surface area contributed by atoms with Crippen molar-refractivity contribution < 1.29 is 19.6 Å². The smallest absolute Gasteiger partial charge is 0.341 e. The number of phenols is 1. The lowest BCUT2D eigenvalue weighted by atomic mass is 10.2. The van der Waals surface area contributed by atoms with Crippen molar-refractivity contribution in [3.05, 3.63) is 31.4 Å². The third-order valence-electron chi connectivity index (χ3n) is 1.67. The van der Waals surface area contributed by atoms with Crippen LogP contribution in [0.5, 0.6) is 5.75 Å². The second-order valence-corrected chi connectivity index (χ2v) is 3.73. The zero-order valence-corrected chi connectivity index (χ0v) is 9.72. The van der Waals surface area contributed by atoms with Gasteiger partial charge in [-0.2, -0.15) is 0 Å². The van der Waals surface area contributed by atoms with Crippen LogP contribution in [0.4, 0.5) is 5.69 Å². The van der Waals surface area contributed by atoms with Gasteiger partial charge in [-0.1, -0.05) is 0 Å². The number of hydrogen-bond donors (Lipinski definition) is 1. The Hall–Kier alpha value is -1.38. The molecule has 0 unspecified atom stereocenters. The van der Waals surface area contributed by atoms with E-state index < -0.39 is 10.9 Å². The number of halogens is 1. The number of phenolic OH excluding ortho intramolecular Hbond substituents is 1. The van der Waals surface area contributed by atoms with Crippen LogP contribution in [-0.4, -0.2) is 23.1 Å². The molecule has 0 fully saturated rings. The third-order valence-corrected chi connectivity index (χ3v) is 2.53. The molecule has 1 aromatic rings. The molecule has 0 amide bonds. The van der Waals surface area contributed by atoms with Crippen LogP contribution in [0.1, 0.15) is 10.4 Å². The summed E-state index contributed by atoms with van der Waals surface area (Å²) in [6.07, 6.45) is 0. The predicted molar refractivity (Wildman–Crippen MR) is 58.8 cm³/mol. The van der Waals surface area contributed by atoms with Crippen LogP contribution < -0.4 is 0 Å². The molecule has 0 aliphatic rings. The summed E-state index contributed by atoms with van der Waals surface area (Å²) in [4.78, 5) is 21.0. The maximum atomic E-state index is 11.1. The highest BCUT2D eigenvalue weighted by Crippen LogP contribution is 2.29. The molecular weight excluding hydrogens is 317 g/mol. The molecule has 0 atom stereocenters. The Labute approximate surface area is 98.1 Å². The molecule has 0 saturated carbocycles. The number of nitro groups is 1. The van der Waals surface area contributed by atoms with Crippen LogP contribution in [-0.2, 0) is 4.74 Å². The number of hydrogen-bond acceptors (Lipinski definition) is 5. The van der Waals surface area contributed by atoms with Gasteiger partial charge in [0.25, 0.3) is 5.69 Å². The van der Waals surface area contributed by atoms with E-state index in [0.29, 0.717) is 0 Å². The molecule has 6 nitrogen and oxygen atoms in total. The van der Waals surface area contributed by atoms with Gasteiger partial charge in [0, 0.05) is 12.1 Å². The fourth-order valence-electron chi connectivity index (χ4n) is 0.965. The lowest BCUT2D eigenvalue weighted by Gasteiger charge is -2.03. The molecule has 0 aliphatic heterocycles. The monoisotopic (exact) mass is 323 g/mol. The van der Waals surface area contributed by atoms with Crippen molar-refractivity contribution in [3.63, 3.8) is 0 Å². The Morgan fingerprint density at radius 1 is 1.60 bits per heavy atom. The molecule has 0 heterocycles. The van der Waals surface area contributed by atoms with E-state index in [1.807, 2.05) is 0 Å². The Morgan fingerprint density at radius 2 is 2.20 bits per heavy atom. The van der Waals surface area contributed by atoms with Crippen molar-refractivity contribution in [2.75, 3.05) is 7.11 Å². The summed E-state index contributed by atoms with van der Waals surface area (Å²) < 4.78 is 4.62. The van der Waals surface area contributed by atoms with E-state index in [4.69, 9.17) is 0 Å². The van der Waals surface area contributed by atoms with Crippen molar-refractivity contribution in [1.82, 2.24) is 0 Å². The summed E-state index contributed by atoms with van der Waals surface area (Å²) in [5.41, 5.74) is -0.460. The number of rotatable bonds is 2. The maximum Gasteiger partial charge on any atom is 0.341 e. The Bertz CT molecular complexity index is 431. The molecular formula is C8H6INO5. The van der Waals surface area contributed by atoms with Gasteiger partial charge in [-0.05, 0) is 22.6 Å². The number of carbonyl (C=O) groups is 1. The van der Waals surface area contributed by atoms with E-state index in [1.54, 1.807) is 22.6 Å². The van der Waals surface area contributed by atoms with E-state index in [1.165, 1.54) is 0 Å². The number of benzene rings is 1. The average molecular weight is 323 g/mol. The highest BCUT2D eigenvalue weighted by molar-refractivity contribution is 14.1. The largest absolute Gasteiger partial charge is 0.507 e. The fraction of sp³-hybridized carbons (Fsp3) is 0.125. The standard InChI is InChI=1S/C8H6INO5/c1-15-8(12)4-2-6(10(13)14)5(9)3-7(4)11/h2-3,11H,1H3. The molecule has 0 aliphatic carbocycles. The second kappa shape index (κ2) is 4.43. The number of ether oxygens (including phenoxy) is 1. The van der Waals surface area contributed by atoms with Crippen molar-refractivity contribution in [2.24, 2.45) is 0 Å². The van der Waals surface area contributed by atoms with Gasteiger partial charge in [0.2, 0.25) is 0 Å². The zero-order valence-electron chi connectivity index (χ0n) is 7.56. The quantitative estimate of drug-likeness (QED) is 0.387. The first-order valence-corrected chi connectivity index (χ1v) is 4.80. The first kappa shape index (κ1) is 11.7. The van der Waals surface area contributed by atoms with Gasteiger partial charge >= 0.3 is 5.97 Å². The molecule has 80 valence electrons. The van der Waals surface area contributed by atoms with E-state index in [-0.39, 0.29) is 20.6 Å². The van der Waals surface area contributed by atoms with E-state index in [9.17, 15) is 20.0 Å². The van der Waals surface area contributed by atoms with Crippen LogP contribution in [0.25, 0.3) is 0 Å². The van der Waals surface area contributed by atoms with Gasteiger partial charge in [0.05, 0.1) is 15.6 Å². The minimum atomic E-state index is -0.813. The second-order valence-electron chi connectivity index (χ2n) is 2.57. The Kier molecular flexibility index (Phi) is 3.45. The van der Waals surface area contributed by atoms with E-state index in [0.717, 1.165) is 19.2 Å². The van der Waals surface area contributed by atoms with Gasteiger partial charge in [-0.3, -0.25) is 10.1 Å². The van der Waals surface area contributed by atoms with E-state index in [2.05, 4.69) is 4.74 Å². The minimum Gasteiger partial charge on any atom is -0.507 e. The molecule has 15 heavy (non-hydrogen) atoms. The molecule has 0 spiro atoms. The predicted octanol–water partition coefficient (Wildman–Crippen LogP) is 1.69. The summed E-state index contributed by atoms with van der Waals surface area (Å²) >= 11 is 1.70. The summed E-state index contributed by atoms with van der Waals surface area (Å²) in [6.45, 7) is 0. The number of carbonyl (C=O) groups excluding carboxylic acids is 1. The van der Waals surface area contributed by atoms with Crippen molar-refractivity contribution in [2.45, 2.75) is 0 Å². The maximum absolute atomic E-state index is 11.1. The van der Waals surface area contributed by atoms with E-state index >= 15 is 0 Å². The number of methoxy groups -OCH3 is 1. The molecule has 1 aromatic carbocycles. The summed E-state index contributed by atoms with van der Waals surface area (Å²) in [5.74, 6) is -1.15. The fourth-order valence-corrected chi connectivity index (χ4v) is 1.61. The molecule has 0 bridgehead atoms. The van der Waals surface area contributed by atoms with Crippen LogP contribution in [0.3, 0.4) is 0 Å². The molecule has 0 radical (unpaired) electrons. The SMILES string of the molecule is COC(=O)c1cc([N+](=O)[O-])c(I)cc1O. The van der Waals surface area contributed by atoms with Crippen LogP contribution in [0.15, 0.2) is 12.1 Å². The summed E-state index contributed by atoms with van der Waals surface area (Å²) in [6, 6.07) is 2.13. The normalized spacial score (nSPS) is 9.73. The van der Waals surface area contributed by atoms with Gasteiger partial charge in [0.15, 0.2) is 0 Å². The molecule has 1 rings (SSSR count). The average Bonchev–Trinajstić information content (AvgIpc) is 2.16.